The van der Waals surface area contributed by atoms with Crippen molar-refractivity contribution in [3.05, 3.63) is 28.7 Å². The van der Waals surface area contributed by atoms with Gasteiger partial charge in [0.2, 0.25) is 0 Å². The Morgan fingerprint density at radius 3 is 3.00 bits per heavy atom. The molecule has 0 aliphatic carbocycles. The van der Waals surface area contributed by atoms with Crippen molar-refractivity contribution in [2.45, 2.75) is 25.5 Å². The largest absolute Gasteiger partial charge is 0.380 e. The van der Waals surface area contributed by atoms with E-state index in [9.17, 15) is 0 Å². The molecule has 1 N–H and O–H groups in total. The average Bonchev–Trinajstić information content (AvgIpc) is 2.52. The van der Waals surface area contributed by atoms with Crippen LogP contribution in [0.2, 0.25) is 0 Å². The van der Waals surface area contributed by atoms with Crippen LogP contribution < -0.4 is 5.32 Å². The van der Waals surface area contributed by atoms with Crippen molar-refractivity contribution in [2.75, 3.05) is 11.9 Å². The lowest BCUT2D eigenvalue weighted by atomic mass is 10.1. The van der Waals surface area contributed by atoms with Gasteiger partial charge in [-0.15, -0.1) is 0 Å². The molecule has 0 amide bonds. The van der Waals surface area contributed by atoms with Gasteiger partial charge in [-0.25, -0.2) is 0 Å². The molecule has 1 aromatic rings. The van der Waals surface area contributed by atoms with Crippen molar-refractivity contribution < 1.29 is 4.74 Å². The first-order chi connectivity index (χ1) is 6.75. The molecule has 0 radical (unpaired) electrons. The predicted octanol–water partition coefficient (Wildman–Crippen LogP) is 3.04. The van der Waals surface area contributed by atoms with Crippen LogP contribution in [0, 0.1) is 0 Å². The highest BCUT2D eigenvalue weighted by Crippen LogP contribution is 2.21. The molecule has 1 aliphatic heterocycles. The summed E-state index contributed by atoms with van der Waals surface area (Å²) in [6.45, 7) is 2.98. The van der Waals surface area contributed by atoms with Gasteiger partial charge in [0.25, 0.3) is 0 Å². The molecule has 2 nitrogen and oxygen atoms in total. The maximum Gasteiger partial charge on any atom is 0.0748 e. The molecule has 1 fully saturated rings. The Morgan fingerprint density at radius 2 is 2.36 bits per heavy atom. The van der Waals surface area contributed by atoms with Gasteiger partial charge >= 0.3 is 0 Å². The molecular weight excluding hydrogens is 242 g/mol. The second kappa shape index (κ2) is 4.32. The van der Waals surface area contributed by atoms with Crippen molar-refractivity contribution in [2.24, 2.45) is 0 Å². The summed E-state index contributed by atoms with van der Waals surface area (Å²) in [5.41, 5.74) is 1.15. The van der Waals surface area contributed by atoms with Gasteiger partial charge in [-0.2, -0.15) is 0 Å². The summed E-state index contributed by atoms with van der Waals surface area (Å²) in [7, 11) is 0. The Balaban J connectivity index is 2.03. The highest BCUT2D eigenvalue weighted by Gasteiger charge is 2.23. The summed E-state index contributed by atoms with van der Waals surface area (Å²) in [5, 5.41) is 3.48. The van der Waals surface area contributed by atoms with Crippen LogP contribution in [0.25, 0.3) is 0 Å². The minimum Gasteiger partial charge on any atom is -0.380 e. The summed E-state index contributed by atoms with van der Waals surface area (Å²) >= 11 is 3.46. The number of halogens is 1. The topological polar surface area (TPSA) is 21.3 Å². The van der Waals surface area contributed by atoms with E-state index < -0.39 is 0 Å². The SMILES string of the molecule is CC1OCCC1Nc1cccc(Br)c1. The number of nitrogens with one attached hydrogen (secondary N) is 1. The normalized spacial score (nSPS) is 26.4. The van der Waals surface area contributed by atoms with E-state index in [1.165, 1.54) is 0 Å². The third kappa shape index (κ3) is 2.28. The molecule has 76 valence electrons. The molecule has 14 heavy (non-hydrogen) atoms. The van der Waals surface area contributed by atoms with E-state index in [4.69, 9.17) is 4.74 Å². The zero-order chi connectivity index (χ0) is 9.97. The molecule has 1 aromatic carbocycles. The number of benzene rings is 1. The zero-order valence-electron chi connectivity index (χ0n) is 8.16. The Hall–Kier alpha value is -0.540. The van der Waals surface area contributed by atoms with Crippen LogP contribution in [0.15, 0.2) is 28.7 Å². The van der Waals surface area contributed by atoms with Crippen molar-refractivity contribution >= 4 is 21.6 Å². The molecule has 1 aliphatic rings. The number of anilines is 1. The summed E-state index contributed by atoms with van der Waals surface area (Å²) in [5.74, 6) is 0. The van der Waals surface area contributed by atoms with Crippen molar-refractivity contribution in [1.29, 1.82) is 0 Å². The molecule has 2 rings (SSSR count). The molecule has 2 atom stereocenters. The second-order valence-electron chi connectivity index (χ2n) is 3.63. The molecule has 0 aromatic heterocycles. The van der Waals surface area contributed by atoms with Crippen LogP contribution in [0.1, 0.15) is 13.3 Å². The summed E-state index contributed by atoms with van der Waals surface area (Å²) in [6, 6.07) is 8.68. The first-order valence-electron chi connectivity index (χ1n) is 4.89. The summed E-state index contributed by atoms with van der Waals surface area (Å²) in [4.78, 5) is 0. The van der Waals surface area contributed by atoms with Gasteiger partial charge in [-0.05, 0) is 31.5 Å². The Labute approximate surface area is 92.8 Å². The van der Waals surface area contributed by atoms with Crippen LogP contribution >= 0.6 is 15.9 Å². The second-order valence-corrected chi connectivity index (χ2v) is 4.54. The van der Waals surface area contributed by atoms with E-state index in [2.05, 4.69) is 40.3 Å². The first kappa shape index (κ1) is 9.99. The van der Waals surface area contributed by atoms with Gasteiger partial charge in [0.15, 0.2) is 0 Å². The molecule has 0 bridgehead atoms. The number of hydrogen-bond acceptors (Lipinski definition) is 2. The minimum atomic E-state index is 0.314. The minimum absolute atomic E-state index is 0.314. The van der Waals surface area contributed by atoms with Crippen LogP contribution in [0.4, 0.5) is 5.69 Å². The zero-order valence-corrected chi connectivity index (χ0v) is 9.75. The first-order valence-corrected chi connectivity index (χ1v) is 5.69. The van der Waals surface area contributed by atoms with Gasteiger partial charge in [0, 0.05) is 16.8 Å². The lowest BCUT2D eigenvalue weighted by molar-refractivity contribution is 0.121. The summed E-state index contributed by atoms with van der Waals surface area (Å²) < 4.78 is 6.60. The molecule has 3 heteroatoms. The Morgan fingerprint density at radius 1 is 1.50 bits per heavy atom. The molecule has 2 unspecified atom stereocenters. The number of hydrogen-bond donors (Lipinski definition) is 1. The highest BCUT2D eigenvalue weighted by atomic mass is 79.9. The van der Waals surface area contributed by atoms with Crippen LogP contribution in [-0.2, 0) is 4.74 Å². The van der Waals surface area contributed by atoms with Crippen molar-refractivity contribution in [1.82, 2.24) is 0 Å². The molecular formula is C11H14BrNO. The standard InChI is InChI=1S/C11H14BrNO/c1-8-11(5-6-14-8)13-10-4-2-3-9(12)7-10/h2-4,7-8,11,13H,5-6H2,1H3. The van der Waals surface area contributed by atoms with E-state index in [1.54, 1.807) is 0 Å². The smallest absolute Gasteiger partial charge is 0.0748 e. The molecule has 1 saturated heterocycles. The fraction of sp³-hybridized carbons (Fsp3) is 0.455. The third-order valence-corrected chi connectivity index (χ3v) is 3.05. The van der Waals surface area contributed by atoms with E-state index >= 15 is 0 Å². The van der Waals surface area contributed by atoms with Gasteiger partial charge in [-0.3, -0.25) is 0 Å². The van der Waals surface area contributed by atoms with Gasteiger partial charge in [0.1, 0.15) is 0 Å². The fourth-order valence-corrected chi connectivity index (χ4v) is 2.11. The van der Waals surface area contributed by atoms with Crippen molar-refractivity contribution in [3.8, 4) is 0 Å². The Kier molecular flexibility index (Phi) is 3.08. The maximum absolute atomic E-state index is 5.49. The summed E-state index contributed by atoms with van der Waals surface area (Å²) in [6.07, 6.45) is 1.40. The third-order valence-electron chi connectivity index (χ3n) is 2.55. The van der Waals surface area contributed by atoms with E-state index in [0.717, 1.165) is 23.2 Å². The van der Waals surface area contributed by atoms with Gasteiger partial charge < -0.3 is 10.1 Å². The van der Waals surface area contributed by atoms with E-state index in [-0.39, 0.29) is 0 Å². The Bertz CT molecular complexity index is 316. The predicted molar refractivity (Wildman–Crippen MR) is 61.6 cm³/mol. The lowest BCUT2D eigenvalue weighted by Crippen LogP contribution is -2.26. The number of rotatable bonds is 2. The number of ether oxygens (including phenoxy) is 1. The molecule has 0 spiro atoms. The van der Waals surface area contributed by atoms with E-state index in [1.807, 2.05) is 12.1 Å². The van der Waals surface area contributed by atoms with Crippen LogP contribution in [0.5, 0.6) is 0 Å². The molecule has 1 heterocycles. The monoisotopic (exact) mass is 255 g/mol. The maximum atomic E-state index is 5.49. The van der Waals surface area contributed by atoms with Gasteiger partial charge in [-0.1, -0.05) is 22.0 Å². The average molecular weight is 256 g/mol. The van der Waals surface area contributed by atoms with Crippen LogP contribution in [-0.4, -0.2) is 18.8 Å². The fourth-order valence-electron chi connectivity index (χ4n) is 1.71. The quantitative estimate of drug-likeness (QED) is 0.878. The van der Waals surface area contributed by atoms with E-state index in [0.29, 0.717) is 12.1 Å². The van der Waals surface area contributed by atoms with Crippen LogP contribution in [0.3, 0.4) is 0 Å². The highest BCUT2D eigenvalue weighted by molar-refractivity contribution is 9.10. The molecule has 0 saturated carbocycles. The van der Waals surface area contributed by atoms with Gasteiger partial charge in [0.05, 0.1) is 12.1 Å². The van der Waals surface area contributed by atoms with Crippen molar-refractivity contribution in [3.63, 3.8) is 0 Å². The lowest BCUT2D eigenvalue weighted by Gasteiger charge is -2.17.